The van der Waals surface area contributed by atoms with E-state index in [1.165, 1.54) is 0 Å². The summed E-state index contributed by atoms with van der Waals surface area (Å²) in [6.45, 7) is 2.66. The summed E-state index contributed by atoms with van der Waals surface area (Å²) < 4.78 is 10.7. The van der Waals surface area contributed by atoms with E-state index >= 15 is 0 Å². The van der Waals surface area contributed by atoms with E-state index in [1.54, 1.807) is 0 Å². The lowest BCUT2D eigenvalue weighted by Crippen LogP contribution is -2.46. The summed E-state index contributed by atoms with van der Waals surface area (Å²) in [5.41, 5.74) is 0. The number of hydrogen-bond acceptors (Lipinski definition) is 4. The number of ether oxygens (including phenoxy) is 2. The zero-order chi connectivity index (χ0) is 11.4. The second-order valence-electron chi connectivity index (χ2n) is 4.48. The third-order valence-electron chi connectivity index (χ3n) is 3.29. The molecule has 16 heavy (non-hydrogen) atoms. The fraction of sp³-hybridized carbons (Fsp3) is 0.909. The minimum Gasteiger partial charge on any atom is -0.480 e. The van der Waals surface area contributed by atoms with Gasteiger partial charge in [0.05, 0.1) is 12.7 Å². The second kappa shape index (κ2) is 5.61. The van der Waals surface area contributed by atoms with Crippen LogP contribution in [-0.4, -0.2) is 49.6 Å². The Bertz CT molecular complexity index is 234. The summed E-state index contributed by atoms with van der Waals surface area (Å²) in [6, 6.07) is -0.494. The van der Waals surface area contributed by atoms with Crippen LogP contribution in [-0.2, 0) is 14.3 Å². The number of nitrogens with one attached hydrogen (secondary N) is 1. The first kappa shape index (κ1) is 11.8. The lowest BCUT2D eigenvalue weighted by molar-refractivity contribution is -0.141. The largest absolute Gasteiger partial charge is 0.480 e. The van der Waals surface area contributed by atoms with E-state index in [0.29, 0.717) is 19.8 Å². The maximum absolute atomic E-state index is 11.1. The van der Waals surface area contributed by atoms with Crippen molar-refractivity contribution in [1.82, 2.24) is 5.32 Å². The first-order chi connectivity index (χ1) is 7.77. The molecule has 0 amide bonds. The van der Waals surface area contributed by atoms with Gasteiger partial charge in [-0.25, -0.2) is 0 Å². The molecule has 2 rings (SSSR count). The SMILES string of the molecule is O=C(O)C(NCC1CCCO1)C1CCOC1. The second-order valence-corrected chi connectivity index (χ2v) is 4.48. The summed E-state index contributed by atoms with van der Waals surface area (Å²) in [5, 5.41) is 12.2. The van der Waals surface area contributed by atoms with Crippen LogP contribution >= 0.6 is 0 Å². The molecule has 2 fully saturated rings. The Labute approximate surface area is 95.1 Å². The number of carboxylic acids is 1. The van der Waals surface area contributed by atoms with E-state index in [4.69, 9.17) is 14.6 Å². The Hall–Kier alpha value is -0.650. The van der Waals surface area contributed by atoms with Crippen molar-refractivity contribution in [2.75, 3.05) is 26.4 Å². The molecule has 0 radical (unpaired) electrons. The van der Waals surface area contributed by atoms with Crippen molar-refractivity contribution in [3.8, 4) is 0 Å². The maximum atomic E-state index is 11.1. The topological polar surface area (TPSA) is 67.8 Å². The zero-order valence-corrected chi connectivity index (χ0v) is 9.35. The zero-order valence-electron chi connectivity index (χ0n) is 9.35. The van der Waals surface area contributed by atoms with Gasteiger partial charge in [-0.15, -0.1) is 0 Å². The monoisotopic (exact) mass is 229 g/mol. The van der Waals surface area contributed by atoms with Gasteiger partial charge in [0.25, 0.3) is 0 Å². The molecule has 0 spiro atoms. The maximum Gasteiger partial charge on any atom is 0.321 e. The molecule has 2 aliphatic heterocycles. The fourth-order valence-corrected chi connectivity index (χ4v) is 2.33. The lowest BCUT2D eigenvalue weighted by atomic mass is 9.99. The van der Waals surface area contributed by atoms with E-state index in [0.717, 1.165) is 25.9 Å². The fourth-order valence-electron chi connectivity index (χ4n) is 2.33. The highest BCUT2D eigenvalue weighted by molar-refractivity contribution is 5.73. The van der Waals surface area contributed by atoms with Crippen LogP contribution < -0.4 is 5.32 Å². The van der Waals surface area contributed by atoms with Gasteiger partial charge < -0.3 is 19.9 Å². The van der Waals surface area contributed by atoms with Crippen molar-refractivity contribution in [3.63, 3.8) is 0 Å². The van der Waals surface area contributed by atoms with Crippen LogP contribution in [0.1, 0.15) is 19.3 Å². The van der Waals surface area contributed by atoms with E-state index in [1.807, 2.05) is 0 Å². The highest BCUT2D eigenvalue weighted by Gasteiger charge is 2.31. The first-order valence-electron chi connectivity index (χ1n) is 5.93. The van der Waals surface area contributed by atoms with E-state index in [9.17, 15) is 4.79 Å². The molecule has 3 unspecified atom stereocenters. The van der Waals surface area contributed by atoms with Crippen LogP contribution in [0.4, 0.5) is 0 Å². The van der Waals surface area contributed by atoms with Gasteiger partial charge in [-0.1, -0.05) is 0 Å². The van der Waals surface area contributed by atoms with Crippen molar-refractivity contribution in [3.05, 3.63) is 0 Å². The smallest absolute Gasteiger partial charge is 0.321 e. The van der Waals surface area contributed by atoms with E-state index in [-0.39, 0.29) is 12.0 Å². The van der Waals surface area contributed by atoms with E-state index in [2.05, 4.69) is 5.32 Å². The first-order valence-corrected chi connectivity index (χ1v) is 5.93. The van der Waals surface area contributed by atoms with Crippen LogP contribution in [0.25, 0.3) is 0 Å². The number of carbonyl (C=O) groups is 1. The Balaban J connectivity index is 1.79. The van der Waals surface area contributed by atoms with Crippen LogP contribution in [0.15, 0.2) is 0 Å². The molecule has 0 aromatic heterocycles. The molecule has 5 nitrogen and oxygen atoms in total. The molecule has 2 saturated heterocycles. The van der Waals surface area contributed by atoms with Crippen LogP contribution in [0.5, 0.6) is 0 Å². The molecule has 0 aromatic carbocycles. The number of hydrogen-bond donors (Lipinski definition) is 2. The van der Waals surface area contributed by atoms with Crippen LogP contribution in [0.3, 0.4) is 0 Å². The van der Waals surface area contributed by atoms with Crippen LogP contribution in [0, 0.1) is 5.92 Å². The summed E-state index contributed by atoms with van der Waals surface area (Å²) in [6.07, 6.45) is 3.12. The van der Waals surface area contributed by atoms with Crippen molar-refractivity contribution >= 4 is 5.97 Å². The van der Waals surface area contributed by atoms with E-state index < -0.39 is 12.0 Å². The van der Waals surface area contributed by atoms with Gasteiger partial charge in [0.1, 0.15) is 6.04 Å². The normalized spacial score (nSPS) is 31.8. The summed E-state index contributed by atoms with van der Waals surface area (Å²) >= 11 is 0. The average Bonchev–Trinajstić information content (AvgIpc) is 2.88. The molecular weight excluding hydrogens is 210 g/mol. The standard InChI is InChI=1S/C11H19NO4/c13-11(14)10(8-3-5-15-7-8)12-6-9-2-1-4-16-9/h8-10,12H,1-7H2,(H,13,14). The molecule has 2 N–H and O–H groups in total. The Morgan fingerprint density at radius 3 is 2.88 bits per heavy atom. The highest BCUT2D eigenvalue weighted by Crippen LogP contribution is 2.18. The molecule has 5 heteroatoms. The summed E-state index contributed by atoms with van der Waals surface area (Å²) in [5.74, 6) is -0.688. The van der Waals surface area contributed by atoms with Crippen molar-refractivity contribution in [2.24, 2.45) is 5.92 Å². The average molecular weight is 229 g/mol. The van der Waals surface area contributed by atoms with Crippen molar-refractivity contribution < 1.29 is 19.4 Å². The quantitative estimate of drug-likeness (QED) is 0.707. The number of carboxylic acid groups (broad SMARTS) is 1. The van der Waals surface area contributed by atoms with Crippen molar-refractivity contribution in [2.45, 2.75) is 31.4 Å². The molecule has 0 aromatic rings. The molecule has 92 valence electrons. The van der Waals surface area contributed by atoms with Gasteiger partial charge in [0.2, 0.25) is 0 Å². The number of aliphatic carboxylic acids is 1. The minimum absolute atomic E-state index is 0.0962. The minimum atomic E-state index is -0.784. The molecule has 2 aliphatic rings. The Morgan fingerprint density at radius 1 is 1.44 bits per heavy atom. The predicted octanol–water partition coefficient (Wildman–Crippen LogP) is 0.245. The summed E-state index contributed by atoms with van der Waals surface area (Å²) in [4.78, 5) is 11.1. The Kier molecular flexibility index (Phi) is 4.15. The molecule has 0 aliphatic carbocycles. The lowest BCUT2D eigenvalue weighted by Gasteiger charge is -2.21. The molecular formula is C11H19NO4. The third-order valence-corrected chi connectivity index (χ3v) is 3.29. The third kappa shape index (κ3) is 2.93. The van der Waals surface area contributed by atoms with Gasteiger partial charge in [0.15, 0.2) is 0 Å². The van der Waals surface area contributed by atoms with Gasteiger partial charge in [-0.2, -0.15) is 0 Å². The Morgan fingerprint density at radius 2 is 2.31 bits per heavy atom. The molecule has 0 saturated carbocycles. The van der Waals surface area contributed by atoms with Gasteiger partial charge in [-0.05, 0) is 19.3 Å². The van der Waals surface area contributed by atoms with Gasteiger partial charge in [-0.3, -0.25) is 4.79 Å². The summed E-state index contributed by atoms with van der Waals surface area (Å²) in [7, 11) is 0. The number of rotatable bonds is 5. The van der Waals surface area contributed by atoms with Crippen molar-refractivity contribution in [1.29, 1.82) is 0 Å². The molecule has 3 atom stereocenters. The molecule has 0 bridgehead atoms. The van der Waals surface area contributed by atoms with Crippen LogP contribution in [0.2, 0.25) is 0 Å². The van der Waals surface area contributed by atoms with Gasteiger partial charge in [0, 0.05) is 25.7 Å². The molecule has 2 heterocycles. The predicted molar refractivity (Wildman–Crippen MR) is 57.3 cm³/mol. The highest BCUT2D eigenvalue weighted by atomic mass is 16.5. The van der Waals surface area contributed by atoms with Gasteiger partial charge >= 0.3 is 5.97 Å².